The predicted molar refractivity (Wildman–Crippen MR) is 71.4 cm³/mol. The van der Waals surface area contributed by atoms with Gasteiger partial charge in [0.15, 0.2) is 0 Å². The maximum atomic E-state index is 12.2. The average molecular weight is 247 g/mol. The zero-order valence-corrected chi connectivity index (χ0v) is 11.4. The third-order valence-electron chi connectivity index (χ3n) is 3.31. The summed E-state index contributed by atoms with van der Waals surface area (Å²) in [5.41, 5.74) is 2.90. The van der Waals surface area contributed by atoms with Gasteiger partial charge in [-0.3, -0.25) is 4.79 Å². The van der Waals surface area contributed by atoms with Crippen LogP contribution in [0, 0.1) is 0 Å². The Morgan fingerprint density at radius 1 is 1.33 bits per heavy atom. The molecule has 1 aromatic carbocycles. The van der Waals surface area contributed by atoms with Gasteiger partial charge in [-0.05, 0) is 43.5 Å². The summed E-state index contributed by atoms with van der Waals surface area (Å²) < 4.78 is 5.36. The molecule has 1 aromatic rings. The molecule has 0 bridgehead atoms. The molecule has 18 heavy (non-hydrogen) atoms. The molecule has 1 amide bonds. The van der Waals surface area contributed by atoms with E-state index in [9.17, 15) is 4.79 Å². The van der Waals surface area contributed by atoms with Gasteiger partial charge in [-0.15, -0.1) is 0 Å². The number of carbonyl (C=O) groups excluding carboxylic acids is 1. The normalized spacial score (nSPS) is 14.4. The number of fused-ring (bicyclic) bond motifs is 1. The van der Waals surface area contributed by atoms with Crippen LogP contribution in [0.2, 0.25) is 0 Å². The largest absolute Gasteiger partial charge is 0.372 e. The van der Waals surface area contributed by atoms with Gasteiger partial charge in [0.2, 0.25) is 0 Å². The lowest BCUT2D eigenvalue weighted by atomic mass is 9.98. The van der Waals surface area contributed by atoms with E-state index < -0.39 is 0 Å². The summed E-state index contributed by atoms with van der Waals surface area (Å²) in [4.78, 5) is 12.2. The van der Waals surface area contributed by atoms with Crippen LogP contribution < -0.4 is 5.32 Å². The van der Waals surface area contributed by atoms with Crippen LogP contribution in [-0.2, 0) is 18.0 Å². The Balaban J connectivity index is 2.10. The van der Waals surface area contributed by atoms with Gasteiger partial charge in [-0.1, -0.05) is 19.4 Å². The Labute approximate surface area is 109 Å². The fourth-order valence-corrected chi connectivity index (χ4v) is 2.38. The minimum Gasteiger partial charge on any atom is -0.372 e. The quantitative estimate of drug-likeness (QED) is 0.888. The Morgan fingerprint density at radius 3 is 2.78 bits per heavy atom. The van der Waals surface area contributed by atoms with Crippen LogP contribution in [0.4, 0.5) is 0 Å². The lowest BCUT2D eigenvalue weighted by Crippen LogP contribution is -2.43. The van der Waals surface area contributed by atoms with Crippen molar-refractivity contribution in [3.05, 3.63) is 34.9 Å². The van der Waals surface area contributed by atoms with Crippen LogP contribution in [0.1, 0.15) is 55.1 Å². The molecule has 0 fully saturated rings. The molecule has 0 aromatic heterocycles. The van der Waals surface area contributed by atoms with Gasteiger partial charge in [-0.2, -0.15) is 0 Å². The molecule has 0 saturated carbocycles. The van der Waals surface area contributed by atoms with Crippen molar-refractivity contribution in [3.8, 4) is 0 Å². The SMILES string of the molecule is CCCC(C)(C)NC(=O)c1ccc2c(c1)COC2. The van der Waals surface area contributed by atoms with Gasteiger partial charge < -0.3 is 10.1 Å². The summed E-state index contributed by atoms with van der Waals surface area (Å²) in [7, 11) is 0. The second-order valence-electron chi connectivity index (χ2n) is 5.56. The zero-order valence-electron chi connectivity index (χ0n) is 11.4. The van der Waals surface area contributed by atoms with Crippen molar-refractivity contribution in [2.75, 3.05) is 0 Å². The Kier molecular flexibility index (Phi) is 3.71. The van der Waals surface area contributed by atoms with Crippen LogP contribution in [0.25, 0.3) is 0 Å². The molecule has 2 rings (SSSR count). The second kappa shape index (κ2) is 5.11. The topological polar surface area (TPSA) is 38.3 Å². The Hall–Kier alpha value is -1.35. The number of benzene rings is 1. The van der Waals surface area contributed by atoms with Gasteiger partial charge in [0, 0.05) is 11.1 Å². The van der Waals surface area contributed by atoms with Gasteiger partial charge in [-0.25, -0.2) is 0 Å². The van der Waals surface area contributed by atoms with E-state index in [1.54, 1.807) is 0 Å². The van der Waals surface area contributed by atoms with Gasteiger partial charge >= 0.3 is 0 Å². The maximum absolute atomic E-state index is 12.2. The van der Waals surface area contributed by atoms with Gasteiger partial charge in [0.25, 0.3) is 5.91 Å². The molecule has 0 radical (unpaired) electrons. The van der Waals surface area contributed by atoms with Crippen LogP contribution >= 0.6 is 0 Å². The van der Waals surface area contributed by atoms with E-state index in [2.05, 4.69) is 26.1 Å². The van der Waals surface area contributed by atoms with Crippen LogP contribution in [0.3, 0.4) is 0 Å². The van der Waals surface area contributed by atoms with E-state index in [0.29, 0.717) is 13.2 Å². The monoisotopic (exact) mass is 247 g/mol. The number of nitrogens with one attached hydrogen (secondary N) is 1. The molecule has 1 aliphatic heterocycles. The highest BCUT2D eigenvalue weighted by atomic mass is 16.5. The highest BCUT2D eigenvalue weighted by Crippen LogP contribution is 2.21. The number of amides is 1. The van der Waals surface area contributed by atoms with E-state index in [4.69, 9.17) is 4.74 Å². The fraction of sp³-hybridized carbons (Fsp3) is 0.533. The number of hydrogen-bond acceptors (Lipinski definition) is 2. The first kappa shape index (κ1) is 13.1. The zero-order chi connectivity index (χ0) is 13.2. The lowest BCUT2D eigenvalue weighted by Gasteiger charge is -2.25. The maximum Gasteiger partial charge on any atom is 0.251 e. The fourth-order valence-electron chi connectivity index (χ4n) is 2.38. The molecular weight excluding hydrogens is 226 g/mol. The molecule has 0 spiro atoms. The van der Waals surface area contributed by atoms with Crippen molar-refractivity contribution < 1.29 is 9.53 Å². The smallest absolute Gasteiger partial charge is 0.251 e. The first-order valence-electron chi connectivity index (χ1n) is 6.54. The molecule has 1 N–H and O–H groups in total. The first-order valence-corrected chi connectivity index (χ1v) is 6.54. The highest BCUT2D eigenvalue weighted by Gasteiger charge is 2.21. The standard InChI is InChI=1S/C15H21NO2/c1-4-7-15(2,3)16-14(17)11-5-6-12-9-18-10-13(12)8-11/h5-6,8H,4,7,9-10H2,1-3H3,(H,16,17). The lowest BCUT2D eigenvalue weighted by molar-refractivity contribution is 0.0909. The Bertz CT molecular complexity index is 452. The molecule has 0 atom stereocenters. The third kappa shape index (κ3) is 2.91. The molecule has 0 unspecified atom stereocenters. The van der Waals surface area contributed by atoms with Crippen molar-refractivity contribution >= 4 is 5.91 Å². The molecule has 3 heteroatoms. The Morgan fingerprint density at radius 2 is 2.06 bits per heavy atom. The van der Waals surface area contributed by atoms with Crippen LogP contribution in [-0.4, -0.2) is 11.4 Å². The number of carbonyl (C=O) groups is 1. The first-order chi connectivity index (χ1) is 8.52. The number of hydrogen-bond donors (Lipinski definition) is 1. The van der Waals surface area contributed by atoms with Crippen molar-refractivity contribution in [3.63, 3.8) is 0 Å². The molecule has 1 aliphatic rings. The van der Waals surface area contributed by atoms with Crippen molar-refractivity contribution in [1.29, 1.82) is 0 Å². The predicted octanol–water partition coefficient (Wildman–Crippen LogP) is 3.03. The van der Waals surface area contributed by atoms with Crippen molar-refractivity contribution in [2.24, 2.45) is 0 Å². The van der Waals surface area contributed by atoms with Crippen LogP contribution in [0.15, 0.2) is 18.2 Å². The van der Waals surface area contributed by atoms with Gasteiger partial charge in [0.1, 0.15) is 0 Å². The summed E-state index contributed by atoms with van der Waals surface area (Å²) in [5.74, 6) is 0.00292. The summed E-state index contributed by atoms with van der Waals surface area (Å²) in [6.07, 6.45) is 2.04. The summed E-state index contributed by atoms with van der Waals surface area (Å²) >= 11 is 0. The second-order valence-corrected chi connectivity index (χ2v) is 5.56. The molecule has 3 nitrogen and oxygen atoms in total. The number of ether oxygens (including phenoxy) is 1. The van der Waals surface area contributed by atoms with E-state index in [0.717, 1.165) is 24.0 Å². The van der Waals surface area contributed by atoms with Crippen molar-refractivity contribution in [2.45, 2.75) is 52.4 Å². The van der Waals surface area contributed by atoms with E-state index in [1.807, 2.05) is 18.2 Å². The average Bonchev–Trinajstić information content (AvgIpc) is 2.74. The number of rotatable bonds is 4. The minimum absolute atomic E-state index is 0.00292. The summed E-state index contributed by atoms with van der Waals surface area (Å²) in [6, 6.07) is 5.81. The van der Waals surface area contributed by atoms with E-state index >= 15 is 0 Å². The molecular formula is C15H21NO2. The molecule has 0 saturated heterocycles. The minimum atomic E-state index is -0.151. The van der Waals surface area contributed by atoms with Crippen LogP contribution in [0.5, 0.6) is 0 Å². The molecule has 98 valence electrons. The molecule has 0 aliphatic carbocycles. The van der Waals surface area contributed by atoms with E-state index in [-0.39, 0.29) is 11.4 Å². The van der Waals surface area contributed by atoms with Crippen molar-refractivity contribution in [1.82, 2.24) is 5.32 Å². The molecule has 1 heterocycles. The highest BCUT2D eigenvalue weighted by molar-refractivity contribution is 5.95. The summed E-state index contributed by atoms with van der Waals surface area (Å²) in [5, 5.41) is 3.08. The third-order valence-corrected chi connectivity index (χ3v) is 3.31. The van der Waals surface area contributed by atoms with Gasteiger partial charge in [0.05, 0.1) is 13.2 Å². The summed E-state index contributed by atoms with van der Waals surface area (Å²) in [6.45, 7) is 7.53. The van der Waals surface area contributed by atoms with E-state index in [1.165, 1.54) is 5.56 Å².